The third-order valence-corrected chi connectivity index (χ3v) is 3.35. The molecule has 1 N–H and O–H groups in total. The fourth-order valence-corrected chi connectivity index (χ4v) is 2.28. The molecule has 0 aliphatic carbocycles. The van der Waals surface area contributed by atoms with Crippen molar-refractivity contribution in [3.8, 4) is 0 Å². The third kappa shape index (κ3) is 2.25. The average molecular weight is 271 g/mol. The summed E-state index contributed by atoms with van der Waals surface area (Å²) in [6.07, 6.45) is 0.513. The second-order valence-corrected chi connectivity index (χ2v) is 4.73. The van der Waals surface area contributed by atoms with Crippen molar-refractivity contribution in [1.82, 2.24) is 10.2 Å². The lowest BCUT2D eigenvalue weighted by Crippen LogP contribution is -2.14. The second-order valence-electron chi connectivity index (χ2n) is 4.32. The van der Waals surface area contributed by atoms with E-state index in [2.05, 4.69) is 10.2 Å². The Kier molecular flexibility index (Phi) is 3.05. The van der Waals surface area contributed by atoms with Crippen LogP contribution in [0.4, 0.5) is 0 Å². The van der Waals surface area contributed by atoms with Gasteiger partial charge < -0.3 is 0 Å². The first-order valence-electron chi connectivity index (χ1n) is 5.95. The molecule has 1 aromatic heterocycles. The number of aromatic nitrogens is 2. The highest BCUT2D eigenvalue weighted by Gasteiger charge is 2.09. The van der Waals surface area contributed by atoms with Crippen molar-refractivity contribution in [3.63, 3.8) is 0 Å². The Bertz CT molecular complexity index is 781. The van der Waals surface area contributed by atoms with Gasteiger partial charge in [0.2, 0.25) is 5.43 Å². The summed E-state index contributed by atoms with van der Waals surface area (Å²) in [6, 6.07) is 15.1. The van der Waals surface area contributed by atoms with Crippen molar-refractivity contribution in [2.24, 2.45) is 0 Å². The molecule has 0 spiro atoms. The van der Waals surface area contributed by atoms with E-state index in [9.17, 15) is 4.79 Å². The van der Waals surface area contributed by atoms with Crippen LogP contribution in [0.3, 0.4) is 0 Å². The van der Waals surface area contributed by atoms with Crippen molar-refractivity contribution < 1.29 is 0 Å². The molecule has 0 radical (unpaired) electrons. The van der Waals surface area contributed by atoms with E-state index in [-0.39, 0.29) is 5.43 Å². The first-order valence-corrected chi connectivity index (χ1v) is 6.33. The number of hydrogen-bond donors (Lipinski definition) is 1. The van der Waals surface area contributed by atoms with E-state index in [0.717, 1.165) is 5.56 Å². The van der Waals surface area contributed by atoms with Gasteiger partial charge in [0, 0.05) is 6.42 Å². The van der Waals surface area contributed by atoms with Crippen molar-refractivity contribution >= 4 is 22.5 Å². The van der Waals surface area contributed by atoms with E-state index in [1.165, 1.54) is 0 Å². The largest absolute Gasteiger partial charge is 0.287 e. The van der Waals surface area contributed by atoms with E-state index in [4.69, 9.17) is 11.6 Å². The second kappa shape index (κ2) is 4.86. The van der Waals surface area contributed by atoms with Crippen LogP contribution in [0.5, 0.6) is 0 Å². The van der Waals surface area contributed by atoms with Gasteiger partial charge in [0.05, 0.1) is 15.9 Å². The van der Waals surface area contributed by atoms with Crippen molar-refractivity contribution in [2.75, 3.05) is 0 Å². The molecule has 19 heavy (non-hydrogen) atoms. The smallest absolute Gasteiger partial charge is 0.211 e. The number of nitrogens with zero attached hydrogens (tertiary/aromatic N) is 1. The minimum Gasteiger partial charge on any atom is -0.287 e. The van der Waals surface area contributed by atoms with E-state index in [1.807, 2.05) is 30.3 Å². The van der Waals surface area contributed by atoms with E-state index < -0.39 is 0 Å². The lowest BCUT2D eigenvalue weighted by Gasteiger charge is -2.03. The molecule has 3 aromatic rings. The van der Waals surface area contributed by atoms with Gasteiger partial charge in [-0.15, -0.1) is 0 Å². The van der Waals surface area contributed by atoms with E-state index >= 15 is 0 Å². The Hall–Kier alpha value is -2.13. The predicted octanol–water partition coefficient (Wildman–Crippen LogP) is 3.17. The molecule has 1 heterocycles. The van der Waals surface area contributed by atoms with Crippen LogP contribution in [0.1, 0.15) is 11.3 Å². The van der Waals surface area contributed by atoms with Crippen molar-refractivity contribution in [3.05, 3.63) is 75.0 Å². The summed E-state index contributed by atoms with van der Waals surface area (Å²) in [4.78, 5) is 12.3. The minimum atomic E-state index is -0.0693. The molecule has 0 bridgehead atoms. The van der Waals surface area contributed by atoms with Gasteiger partial charge in [0.1, 0.15) is 5.69 Å². The Balaban J connectivity index is 2.11. The number of para-hydroxylation sites is 1. The number of aromatic amines is 1. The van der Waals surface area contributed by atoms with Gasteiger partial charge in [-0.1, -0.05) is 48.0 Å². The molecule has 2 aromatic carbocycles. The maximum absolute atomic E-state index is 12.3. The Labute approximate surface area is 114 Å². The maximum Gasteiger partial charge on any atom is 0.211 e. The number of fused-ring (bicyclic) bond motifs is 1. The Morgan fingerprint density at radius 3 is 2.63 bits per heavy atom. The number of H-pyrrole nitrogens is 1. The fraction of sp³-hybridized carbons (Fsp3) is 0.0667. The molecule has 0 amide bonds. The highest BCUT2D eigenvalue weighted by Crippen LogP contribution is 2.18. The Morgan fingerprint density at radius 2 is 1.84 bits per heavy atom. The first-order chi connectivity index (χ1) is 9.25. The molecule has 0 saturated carbocycles. The van der Waals surface area contributed by atoms with Gasteiger partial charge in [-0.05, 0) is 17.7 Å². The molecule has 0 aliphatic rings. The monoisotopic (exact) mass is 270 g/mol. The molecule has 3 nitrogen and oxygen atoms in total. The lowest BCUT2D eigenvalue weighted by atomic mass is 10.1. The fourth-order valence-electron chi connectivity index (χ4n) is 2.07. The number of benzene rings is 2. The van der Waals surface area contributed by atoms with Crippen LogP contribution in [0.15, 0.2) is 53.3 Å². The molecule has 0 aliphatic heterocycles. The van der Waals surface area contributed by atoms with Crippen molar-refractivity contribution in [2.45, 2.75) is 6.42 Å². The normalized spacial score (nSPS) is 10.8. The Morgan fingerprint density at radius 1 is 1.05 bits per heavy atom. The molecular weight excluding hydrogens is 260 g/mol. The summed E-state index contributed by atoms with van der Waals surface area (Å²) in [6.45, 7) is 0. The molecule has 3 rings (SSSR count). The first kappa shape index (κ1) is 11.9. The number of nitrogens with one attached hydrogen (secondary N) is 1. The zero-order chi connectivity index (χ0) is 13.2. The van der Waals surface area contributed by atoms with Crippen LogP contribution < -0.4 is 5.43 Å². The quantitative estimate of drug-likeness (QED) is 0.777. The summed E-state index contributed by atoms with van der Waals surface area (Å²) in [5.74, 6) is 0. The molecular formula is C15H11ClN2O. The van der Waals surface area contributed by atoms with Crippen LogP contribution in [0.2, 0.25) is 5.02 Å². The lowest BCUT2D eigenvalue weighted by molar-refractivity contribution is 0.951. The van der Waals surface area contributed by atoms with Crippen LogP contribution in [-0.4, -0.2) is 10.2 Å². The topological polar surface area (TPSA) is 45.8 Å². The number of halogens is 1. The van der Waals surface area contributed by atoms with Crippen LogP contribution in [0.25, 0.3) is 10.9 Å². The SMILES string of the molecule is O=c1c(Cc2ccccc2)n[nH]c2c(Cl)cccc12. The third-order valence-electron chi connectivity index (χ3n) is 3.04. The number of hydrogen-bond acceptors (Lipinski definition) is 2. The van der Waals surface area contributed by atoms with Gasteiger partial charge in [-0.2, -0.15) is 5.10 Å². The highest BCUT2D eigenvalue weighted by molar-refractivity contribution is 6.34. The van der Waals surface area contributed by atoms with Gasteiger partial charge in [-0.25, -0.2) is 0 Å². The van der Waals surface area contributed by atoms with Gasteiger partial charge >= 0.3 is 0 Å². The zero-order valence-electron chi connectivity index (χ0n) is 10.1. The molecule has 0 unspecified atom stereocenters. The van der Waals surface area contributed by atoms with Crippen molar-refractivity contribution in [1.29, 1.82) is 0 Å². The summed E-state index contributed by atoms with van der Waals surface area (Å²) >= 11 is 6.03. The standard InChI is InChI=1S/C15H11ClN2O/c16-12-8-4-7-11-14(12)18-17-13(15(11)19)9-10-5-2-1-3-6-10/h1-8H,9H2,(H,18,19). The minimum absolute atomic E-state index is 0.0693. The zero-order valence-corrected chi connectivity index (χ0v) is 10.8. The summed E-state index contributed by atoms with van der Waals surface area (Å²) in [5.41, 5.74) is 2.08. The summed E-state index contributed by atoms with van der Waals surface area (Å²) in [7, 11) is 0. The van der Waals surface area contributed by atoms with Gasteiger partial charge in [0.15, 0.2) is 0 Å². The molecule has 94 valence electrons. The van der Waals surface area contributed by atoms with Crippen LogP contribution in [-0.2, 0) is 6.42 Å². The molecule has 0 atom stereocenters. The van der Waals surface area contributed by atoms with Gasteiger partial charge in [0.25, 0.3) is 0 Å². The van der Waals surface area contributed by atoms with Gasteiger partial charge in [-0.3, -0.25) is 9.89 Å². The van der Waals surface area contributed by atoms with Crippen LogP contribution in [0, 0.1) is 0 Å². The van der Waals surface area contributed by atoms with Crippen LogP contribution >= 0.6 is 11.6 Å². The molecule has 0 saturated heterocycles. The average Bonchev–Trinajstić information content (AvgIpc) is 2.44. The predicted molar refractivity (Wildman–Crippen MR) is 76.6 cm³/mol. The summed E-state index contributed by atoms with van der Waals surface area (Å²) in [5, 5.41) is 8.09. The highest BCUT2D eigenvalue weighted by atomic mass is 35.5. The maximum atomic E-state index is 12.3. The molecule has 0 fully saturated rings. The molecule has 4 heteroatoms. The summed E-state index contributed by atoms with van der Waals surface area (Å²) < 4.78 is 0. The van der Waals surface area contributed by atoms with E-state index in [0.29, 0.717) is 28.0 Å². The van der Waals surface area contributed by atoms with E-state index in [1.54, 1.807) is 18.2 Å². The number of rotatable bonds is 2.